The molecule has 0 aliphatic carbocycles. The number of amides is 1. The van der Waals surface area contributed by atoms with Crippen molar-refractivity contribution in [3.8, 4) is 0 Å². The summed E-state index contributed by atoms with van der Waals surface area (Å²) in [6, 6.07) is 1.83. The van der Waals surface area contributed by atoms with Gasteiger partial charge in [0.2, 0.25) is 0 Å². The van der Waals surface area contributed by atoms with Crippen LogP contribution < -0.4 is 0 Å². The highest BCUT2D eigenvalue weighted by Crippen LogP contribution is 2.28. The summed E-state index contributed by atoms with van der Waals surface area (Å²) in [6.07, 6.45) is 0.603. The molecule has 2 rings (SSSR count). The molecule has 2 heterocycles. The lowest BCUT2D eigenvalue weighted by atomic mass is 9.84. The molecule has 0 spiro atoms. The van der Waals surface area contributed by atoms with Crippen molar-refractivity contribution in [3.05, 3.63) is 17.5 Å². The fraction of sp³-hybridized carbons (Fsp3) is 0.750. The summed E-state index contributed by atoms with van der Waals surface area (Å²) < 4.78 is 7.08. The van der Waals surface area contributed by atoms with Gasteiger partial charge in [-0.3, -0.25) is 9.48 Å². The highest BCUT2D eigenvalue weighted by molar-refractivity contribution is 5.92. The largest absolute Gasteiger partial charge is 0.390 e. The fourth-order valence-electron chi connectivity index (χ4n) is 2.76. The molecule has 1 aliphatic heterocycles. The summed E-state index contributed by atoms with van der Waals surface area (Å²) >= 11 is 0. The SMILES string of the molecule is CCOCCn1nc(C)cc1C(=O)N1CC[C@](C)(O)[C@H](C)C1. The molecule has 6 heteroatoms. The number of piperidine rings is 1. The molecule has 0 aromatic carbocycles. The number of ether oxygens (including phenoxy) is 1. The normalized spacial score (nSPS) is 25.5. The van der Waals surface area contributed by atoms with Crippen LogP contribution in [0, 0.1) is 12.8 Å². The van der Waals surface area contributed by atoms with Crippen molar-refractivity contribution >= 4 is 5.91 Å². The van der Waals surface area contributed by atoms with Crippen molar-refractivity contribution in [1.82, 2.24) is 14.7 Å². The molecule has 1 saturated heterocycles. The number of nitrogens with zero attached hydrogens (tertiary/aromatic N) is 3. The Morgan fingerprint density at radius 3 is 2.95 bits per heavy atom. The highest BCUT2D eigenvalue weighted by Gasteiger charge is 2.37. The van der Waals surface area contributed by atoms with Gasteiger partial charge in [-0.25, -0.2) is 0 Å². The van der Waals surface area contributed by atoms with Crippen molar-refractivity contribution in [1.29, 1.82) is 0 Å². The lowest BCUT2D eigenvalue weighted by molar-refractivity contribution is -0.0441. The van der Waals surface area contributed by atoms with Gasteiger partial charge in [0.05, 0.1) is 24.4 Å². The van der Waals surface area contributed by atoms with E-state index in [1.165, 1.54) is 0 Å². The van der Waals surface area contributed by atoms with Crippen LogP contribution in [0.25, 0.3) is 0 Å². The highest BCUT2D eigenvalue weighted by atomic mass is 16.5. The van der Waals surface area contributed by atoms with Gasteiger partial charge in [0.25, 0.3) is 5.91 Å². The van der Waals surface area contributed by atoms with E-state index in [4.69, 9.17) is 4.74 Å². The van der Waals surface area contributed by atoms with Gasteiger partial charge < -0.3 is 14.7 Å². The van der Waals surface area contributed by atoms with E-state index >= 15 is 0 Å². The molecule has 1 amide bonds. The van der Waals surface area contributed by atoms with E-state index in [-0.39, 0.29) is 11.8 Å². The third-order valence-electron chi connectivity index (χ3n) is 4.50. The number of aryl methyl sites for hydroxylation is 1. The first-order valence-electron chi connectivity index (χ1n) is 7.99. The Balaban J connectivity index is 2.09. The zero-order valence-electron chi connectivity index (χ0n) is 14.0. The number of hydrogen-bond donors (Lipinski definition) is 1. The van der Waals surface area contributed by atoms with Crippen LogP contribution in [0.5, 0.6) is 0 Å². The first-order valence-corrected chi connectivity index (χ1v) is 7.99. The quantitative estimate of drug-likeness (QED) is 0.836. The standard InChI is InChI=1S/C16H27N3O3/c1-5-22-9-8-19-14(10-13(3)17-19)15(20)18-7-6-16(4,21)12(2)11-18/h10,12,21H,5-9,11H2,1-4H3/t12-,16+/m1/s1. The van der Waals surface area contributed by atoms with E-state index in [1.54, 1.807) is 4.68 Å². The molecule has 22 heavy (non-hydrogen) atoms. The van der Waals surface area contributed by atoms with Crippen LogP contribution >= 0.6 is 0 Å². The molecule has 0 saturated carbocycles. The number of rotatable bonds is 5. The van der Waals surface area contributed by atoms with Gasteiger partial charge in [0.1, 0.15) is 5.69 Å². The molecule has 0 radical (unpaired) electrons. The Morgan fingerprint density at radius 1 is 1.59 bits per heavy atom. The second-order valence-corrected chi connectivity index (χ2v) is 6.35. The molecular weight excluding hydrogens is 282 g/mol. The molecule has 0 unspecified atom stereocenters. The monoisotopic (exact) mass is 309 g/mol. The van der Waals surface area contributed by atoms with Crippen LogP contribution in [0.3, 0.4) is 0 Å². The Morgan fingerprint density at radius 2 is 2.32 bits per heavy atom. The van der Waals surface area contributed by atoms with Crippen LogP contribution in [-0.2, 0) is 11.3 Å². The van der Waals surface area contributed by atoms with Crippen LogP contribution in [-0.4, -0.2) is 57.6 Å². The van der Waals surface area contributed by atoms with E-state index in [0.717, 1.165) is 5.69 Å². The number of hydrogen-bond acceptors (Lipinski definition) is 4. The second-order valence-electron chi connectivity index (χ2n) is 6.35. The molecule has 2 atom stereocenters. The topological polar surface area (TPSA) is 67.6 Å². The predicted octanol–water partition coefficient (Wildman–Crippen LogP) is 1.46. The zero-order valence-corrected chi connectivity index (χ0v) is 14.0. The molecule has 1 aliphatic rings. The van der Waals surface area contributed by atoms with E-state index < -0.39 is 5.60 Å². The van der Waals surface area contributed by atoms with Crippen LogP contribution in [0.4, 0.5) is 0 Å². The third kappa shape index (κ3) is 3.67. The van der Waals surface area contributed by atoms with Crippen LogP contribution in [0.1, 0.15) is 43.4 Å². The van der Waals surface area contributed by atoms with Crippen LogP contribution in [0.2, 0.25) is 0 Å². The Labute approximate surface area is 132 Å². The maximum absolute atomic E-state index is 12.8. The van der Waals surface area contributed by atoms with Gasteiger partial charge >= 0.3 is 0 Å². The first-order chi connectivity index (χ1) is 10.3. The van der Waals surface area contributed by atoms with E-state index in [0.29, 0.717) is 45.0 Å². The number of carbonyl (C=O) groups excluding carboxylic acids is 1. The van der Waals surface area contributed by atoms with Crippen molar-refractivity contribution < 1.29 is 14.6 Å². The zero-order chi connectivity index (χ0) is 16.3. The molecule has 1 N–H and O–H groups in total. The smallest absolute Gasteiger partial charge is 0.272 e. The van der Waals surface area contributed by atoms with Crippen LogP contribution in [0.15, 0.2) is 6.07 Å². The van der Waals surface area contributed by atoms with Gasteiger partial charge in [-0.2, -0.15) is 5.10 Å². The number of aromatic nitrogens is 2. The van der Waals surface area contributed by atoms with E-state index in [2.05, 4.69) is 5.10 Å². The minimum atomic E-state index is -0.693. The molecule has 1 fully saturated rings. The van der Waals surface area contributed by atoms with Gasteiger partial charge in [-0.05, 0) is 33.3 Å². The summed E-state index contributed by atoms with van der Waals surface area (Å²) in [5.41, 5.74) is 0.741. The van der Waals surface area contributed by atoms with Crippen molar-refractivity contribution in [2.75, 3.05) is 26.3 Å². The van der Waals surface area contributed by atoms with Gasteiger partial charge in [-0.1, -0.05) is 6.92 Å². The lowest BCUT2D eigenvalue weighted by Gasteiger charge is -2.41. The molecular formula is C16H27N3O3. The Kier molecular flexibility index (Phi) is 5.24. The maximum atomic E-state index is 12.8. The summed E-state index contributed by atoms with van der Waals surface area (Å²) in [7, 11) is 0. The average molecular weight is 309 g/mol. The summed E-state index contributed by atoms with van der Waals surface area (Å²) in [6.45, 7) is 10.6. The molecule has 0 bridgehead atoms. The number of likely N-dealkylation sites (tertiary alicyclic amines) is 1. The molecule has 1 aromatic heterocycles. The Bertz CT molecular complexity index is 525. The predicted molar refractivity (Wildman–Crippen MR) is 83.8 cm³/mol. The maximum Gasteiger partial charge on any atom is 0.272 e. The minimum Gasteiger partial charge on any atom is -0.390 e. The molecule has 124 valence electrons. The van der Waals surface area contributed by atoms with Gasteiger partial charge in [0.15, 0.2) is 0 Å². The Hall–Kier alpha value is -1.40. The number of aliphatic hydroxyl groups is 1. The van der Waals surface area contributed by atoms with Crippen molar-refractivity contribution in [2.45, 2.75) is 46.3 Å². The van der Waals surface area contributed by atoms with E-state index in [1.807, 2.05) is 38.7 Å². The fourth-order valence-corrected chi connectivity index (χ4v) is 2.76. The van der Waals surface area contributed by atoms with Gasteiger partial charge in [0, 0.05) is 25.6 Å². The van der Waals surface area contributed by atoms with Crippen molar-refractivity contribution in [2.24, 2.45) is 5.92 Å². The number of carbonyl (C=O) groups is 1. The van der Waals surface area contributed by atoms with E-state index in [9.17, 15) is 9.90 Å². The summed E-state index contributed by atoms with van der Waals surface area (Å²) in [5, 5.41) is 14.6. The third-order valence-corrected chi connectivity index (χ3v) is 4.50. The minimum absolute atomic E-state index is 0.0144. The average Bonchev–Trinajstić information content (AvgIpc) is 2.82. The first kappa shape index (κ1) is 17.0. The molecule has 6 nitrogen and oxygen atoms in total. The summed E-state index contributed by atoms with van der Waals surface area (Å²) in [4.78, 5) is 14.6. The summed E-state index contributed by atoms with van der Waals surface area (Å²) in [5.74, 6) is 0.0468. The van der Waals surface area contributed by atoms with Gasteiger partial charge in [-0.15, -0.1) is 0 Å². The molecule has 1 aromatic rings. The van der Waals surface area contributed by atoms with Crippen molar-refractivity contribution in [3.63, 3.8) is 0 Å². The second kappa shape index (κ2) is 6.79. The lowest BCUT2D eigenvalue weighted by Crippen LogP contribution is -2.51.